The van der Waals surface area contributed by atoms with E-state index in [1.807, 2.05) is 18.2 Å². The van der Waals surface area contributed by atoms with Crippen molar-refractivity contribution >= 4 is 11.3 Å². The second-order valence-electron chi connectivity index (χ2n) is 6.58. The van der Waals surface area contributed by atoms with E-state index in [0.29, 0.717) is 0 Å². The summed E-state index contributed by atoms with van der Waals surface area (Å²) in [5.41, 5.74) is 1.80. The fraction of sp³-hybridized carbons (Fsp3) is 0.412. The summed E-state index contributed by atoms with van der Waals surface area (Å²) in [6, 6.07) is 10.2. The van der Waals surface area contributed by atoms with Gasteiger partial charge in [-0.05, 0) is 31.9 Å². The normalized spacial score (nSPS) is 26.9. The molecule has 2 aromatic rings. The summed E-state index contributed by atoms with van der Waals surface area (Å²) < 4.78 is 38.1. The number of hydrogen-bond acceptors (Lipinski definition) is 6. The second kappa shape index (κ2) is 5.69. The molecular formula is C17H18ClNO4S. The van der Waals surface area contributed by atoms with Crippen molar-refractivity contribution in [3.63, 3.8) is 0 Å². The maximum Gasteiger partial charge on any atom is 0.304 e. The van der Waals surface area contributed by atoms with Crippen LogP contribution in [0, 0.1) is 10.2 Å². The highest BCUT2D eigenvalue weighted by Gasteiger charge is 2.50. The molecule has 5 nitrogen and oxygen atoms in total. The number of nitrogens with zero attached hydrogens (tertiary/aromatic N) is 1. The third-order valence-corrected chi connectivity index (χ3v) is 6.64. The van der Waals surface area contributed by atoms with Gasteiger partial charge in [-0.15, -0.1) is 11.3 Å². The van der Waals surface area contributed by atoms with Crippen LogP contribution in [0.25, 0.3) is 0 Å². The Hall–Kier alpha value is -1.15. The van der Waals surface area contributed by atoms with Gasteiger partial charge in [-0.25, -0.2) is 0 Å². The smallest absolute Gasteiger partial charge is 0.293 e. The van der Waals surface area contributed by atoms with Crippen molar-refractivity contribution in [2.24, 2.45) is 0 Å². The lowest BCUT2D eigenvalue weighted by atomic mass is 9.80. The highest BCUT2D eigenvalue weighted by molar-refractivity contribution is 7.10. The van der Waals surface area contributed by atoms with E-state index in [2.05, 4.69) is 24.0 Å². The first kappa shape index (κ1) is 16.3. The summed E-state index contributed by atoms with van der Waals surface area (Å²) in [6.07, 6.45) is 1.99. The molecule has 0 bridgehead atoms. The first-order valence-corrected chi connectivity index (χ1v) is 10.0. The zero-order valence-electron chi connectivity index (χ0n) is 13.2. The van der Waals surface area contributed by atoms with Gasteiger partial charge in [0, 0.05) is 28.4 Å². The Morgan fingerprint density at radius 3 is 2.71 bits per heavy atom. The molecule has 3 heterocycles. The fourth-order valence-corrected chi connectivity index (χ4v) is 5.73. The molecule has 1 saturated heterocycles. The van der Waals surface area contributed by atoms with Crippen molar-refractivity contribution in [2.45, 2.75) is 31.2 Å². The molecule has 24 heavy (non-hydrogen) atoms. The van der Waals surface area contributed by atoms with Crippen LogP contribution in [0.5, 0.6) is 5.75 Å². The van der Waals surface area contributed by atoms with Crippen LogP contribution in [0.2, 0.25) is 0 Å². The van der Waals surface area contributed by atoms with Gasteiger partial charge < -0.3 is 0 Å². The van der Waals surface area contributed by atoms with E-state index < -0.39 is 10.2 Å². The van der Waals surface area contributed by atoms with Gasteiger partial charge in [0.15, 0.2) is 0 Å². The Balaban J connectivity index is 1.84. The van der Waals surface area contributed by atoms with Crippen LogP contribution >= 0.6 is 11.3 Å². The largest absolute Gasteiger partial charge is 0.304 e. The Morgan fingerprint density at radius 2 is 2.00 bits per heavy atom. The third-order valence-electron chi connectivity index (χ3n) is 5.21. The second-order valence-corrected chi connectivity index (χ2v) is 8.40. The number of halogens is 1. The molecule has 2 atom stereocenters. The predicted molar refractivity (Wildman–Crippen MR) is 81.4 cm³/mol. The lowest BCUT2D eigenvalue weighted by molar-refractivity contribution is -1.91. The summed E-state index contributed by atoms with van der Waals surface area (Å²) in [7, 11) is -4.49. The Bertz CT molecular complexity index is 745. The number of rotatable bonds is 3. The predicted octanol–water partition coefficient (Wildman–Crippen LogP) is 0.481. The molecule has 0 radical (unpaired) electrons. The van der Waals surface area contributed by atoms with Gasteiger partial charge in [-0.2, -0.15) is 14.0 Å². The van der Waals surface area contributed by atoms with E-state index in [0.717, 1.165) is 36.4 Å². The molecule has 4 rings (SSSR count). The maximum atomic E-state index is 11.1. The van der Waals surface area contributed by atoms with Gasteiger partial charge in [0.25, 0.3) is 0 Å². The monoisotopic (exact) mass is 367 g/mol. The summed E-state index contributed by atoms with van der Waals surface area (Å²) in [4.78, 5) is 3.50. The minimum Gasteiger partial charge on any atom is -0.293 e. The molecule has 0 N–H and O–H groups in total. The van der Waals surface area contributed by atoms with E-state index in [1.54, 1.807) is 5.38 Å². The lowest BCUT2D eigenvalue weighted by Crippen LogP contribution is -2.63. The van der Waals surface area contributed by atoms with Crippen molar-refractivity contribution in [2.75, 3.05) is 13.1 Å². The molecule has 1 aromatic heterocycles. The minimum atomic E-state index is -4.49. The van der Waals surface area contributed by atoms with E-state index >= 15 is 0 Å². The van der Waals surface area contributed by atoms with Crippen LogP contribution in [0.3, 0.4) is 0 Å². The highest BCUT2D eigenvalue weighted by atomic mass is 35.7. The summed E-state index contributed by atoms with van der Waals surface area (Å²) >= 11 is 1.48. The molecule has 1 fully saturated rings. The summed E-state index contributed by atoms with van der Waals surface area (Å²) in [5, 5.41) is 1.66. The van der Waals surface area contributed by atoms with Gasteiger partial charge in [0.1, 0.15) is 10.2 Å². The van der Waals surface area contributed by atoms with Crippen molar-refractivity contribution in [3.8, 4) is 5.75 Å². The average molecular weight is 368 g/mol. The van der Waals surface area contributed by atoms with Crippen molar-refractivity contribution in [1.82, 2.24) is 4.90 Å². The molecule has 0 spiro atoms. The standard InChI is InChI=1S/C17H18ClNO4S/c1-17-8-5-9-19(17)10-13(12-6-3-2-4-7-12)16-15(17)14(11-24-16)23-18(20,21)22/h2-4,6-7,11,13H,5,8-10H2,1H3. The average Bonchev–Trinajstić information content (AvgIpc) is 3.10. The summed E-state index contributed by atoms with van der Waals surface area (Å²) in [5.74, 6) is 0.363. The topological polar surface area (TPSA) is 81.7 Å². The molecule has 0 saturated carbocycles. The SMILES string of the molecule is CC12CCCN1CC(c1ccccc1)c1scc(O[Cl+3]([O-])([O-])[O-])c12. The lowest BCUT2D eigenvalue weighted by Gasteiger charge is -2.43. The number of fused-ring (bicyclic) bond motifs is 3. The molecule has 2 aliphatic rings. The van der Waals surface area contributed by atoms with Crippen molar-refractivity contribution in [3.05, 3.63) is 51.7 Å². The molecule has 128 valence electrons. The zero-order chi connectivity index (χ0) is 16.9. The van der Waals surface area contributed by atoms with E-state index in [1.165, 1.54) is 16.9 Å². The fourth-order valence-electron chi connectivity index (χ4n) is 4.14. The van der Waals surface area contributed by atoms with Gasteiger partial charge in [0.2, 0.25) is 0 Å². The maximum absolute atomic E-state index is 11.1. The summed E-state index contributed by atoms with van der Waals surface area (Å²) in [6.45, 7) is 3.99. The number of thiophene rings is 1. The van der Waals surface area contributed by atoms with Crippen LogP contribution in [0.4, 0.5) is 0 Å². The van der Waals surface area contributed by atoms with E-state index in [9.17, 15) is 14.0 Å². The first-order chi connectivity index (χ1) is 11.4. The molecule has 0 amide bonds. The van der Waals surface area contributed by atoms with E-state index in [4.69, 9.17) is 4.29 Å². The Kier molecular flexibility index (Phi) is 3.87. The first-order valence-electron chi connectivity index (χ1n) is 7.91. The Morgan fingerprint density at radius 1 is 1.25 bits per heavy atom. The van der Waals surface area contributed by atoms with Gasteiger partial charge in [0.05, 0.1) is 5.38 Å². The van der Waals surface area contributed by atoms with E-state index in [-0.39, 0.29) is 17.2 Å². The Labute approximate surface area is 146 Å². The van der Waals surface area contributed by atoms with Crippen LogP contribution < -0.4 is 18.3 Å². The van der Waals surface area contributed by atoms with Crippen molar-refractivity contribution in [1.29, 1.82) is 0 Å². The molecule has 7 heteroatoms. The zero-order valence-corrected chi connectivity index (χ0v) is 14.8. The van der Waals surface area contributed by atoms with Gasteiger partial charge >= 0.3 is 5.75 Å². The van der Waals surface area contributed by atoms with Gasteiger partial charge in [-0.3, -0.25) is 4.90 Å². The van der Waals surface area contributed by atoms with Crippen LogP contribution in [0.1, 0.15) is 41.7 Å². The van der Waals surface area contributed by atoms with Crippen LogP contribution in [-0.2, 0) is 5.54 Å². The van der Waals surface area contributed by atoms with Gasteiger partial charge in [-0.1, -0.05) is 34.6 Å². The molecule has 1 aromatic carbocycles. The number of benzene rings is 1. The number of hydrogen-bond donors (Lipinski definition) is 0. The van der Waals surface area contributed by atoms with Crippen LogP contribution in [0.15, 0.2) is 35.7 Å². The molecule has 2 aliphatic heterocycles. The van der Waals surface area contributed by atoms with Crippen molar-refractivity contribution < 1.29 is 28.5 Å². The quantitative estimate of drug-likeness (QED) is 0.788. The minimum absolute atomic E-state index is 0.167. The molecule has 0 aliphatic carbocycles. The molecule has 2 unspecified atom stereocenters. The molecular weight excluding hydrogens is 350 g/mol. The van der Waals surface area contributed by atoms with Crippen LogP contribution in [-0.4, -0.2) is 18.0 Å². The highest BCUT2D eigenvalue weighted by Crippen LogP contribution is 2.54. The third kappa shape index (κ3) is 2.63.